The van der Waals surface area contributed by atoms with Crippen molar-refractivity contribution in [2.24, 2.45) is 0 Å². The fourth-order valence-corrected chi connectivity index (χ4v) is 6.21. The van der Waals surface area contributed by atoms with Gasteiger partial charge in [0.25, 0.3) is 5.91 Å². The van der Waals surface area contributed by atoms with E-state index in [2.05, 4.69) is 25.5 Å². The van der Waals surface area contributed by atoms with Crippen LogP contribution in [0.4, 0.5) is 15.9 Å². The number of halogens is 1. The van der Waals surface area contributed by atoms with Crippen molar-refractivity contribution >= 4 is 39.0 Å². The highest BCUT2D eigenvalue weighted by atomic mass is 32.1. The summed E-state index contributed by atoms with van der Waals surface area (Å²) in [7, 11) is 0. The number of aliphatic hydroxyl groups excluding tert-OH is 1. The number of thiophene rings is 1. The van der Waals surface area contributed by atoms with Gasteiger partial charge in [0.2, 0.25) is 0 Å². The molecule has 2 fully saturated rings. The summed E-state index contributed by atoms with van der Waals surface area (Å²) in [4.78, 5) is 25.6. The molecule has 0 radical (unpaired) electrons. The van der Waals surface area contributed by atoms with Crippen LogP contribution in [0.3, 0.4) is 0 Å². The molecule has 2 aliphatic rings. The van der Waals surface area contributed by atoms with E-state index in [1.807, 2.05) is 6.92 Å². The monoisotopic (exact) mass is 527 g/mol. The minimum Gasteiger partial charge on any atom is -0.488 e. The number of aromatic nitrogens is 2. The molecule has 37 heavy (non-hydrogen) atoms. The molecule has 1 saturated heterocycles. The van der Waals surface area contributed by atoms with Gasteiger partial charge in [0.1, 0.15) is 28.5 Å². The largest absolute Gasteiger partial charge is 0.488 e. The maximum atomic E-state index is 14.1. The van der Waals surface area contributed by atoms with E-state index in [9.17, 15) is 14.3 Å². The van der Waals surface area contributed by atoms with Crippen LogP contribution in [-0.2, 0) is 0 Å². The fraction of sp³-hybridized carbons (Fsp3) is 0.519. The quantitative estimate of drug-likeness (QED) is 0.345. The molecule has 1 aromatic carbocycles. The number of rotatable bonds is 9. The third kappa shape index (κ3) is 6.19. The molecule has 1 aliphatic carbocycles. The molecule has 3 N–H and O–H groups in total. The number of nitrogens with zero attached hydrogens (tertiary/aromatic N) is 3. The number of carbonyl (C=O) groups excluding carboxylic acids is 1. The molecule has 8 nitrogen and oxygen atoms in total. The van der Waals surface area contributed by atoms with E-state index in [1.165, 1.54) is 42.6 Å². The van der Waals surface area contributed by atoms with Crippen LogP contribution in [0.15, 0.2) is 24.5 Å². The lowest BCUT2D eigenvalue weighted by atomic mass is 9.95. The van der Waals surface area contributed by atoms with Crippen LogP contribution >= 0.6 is 11.3 Å². The first-order valence-electron chi connectivity index (χ1n) is 13.1. The molecule has 3 aromatic rings. The Morgan fingerprint density at radius 1 is 1.22 bits per heavy atom. The number of hydrogen-bond donors (Lipinski definition) is 3. The van der Waals surface area contributed by atoms with Crippen molar-refractivity contribution < 1.29 is 19.0 Å². The van der Waals surface area contributed by atoms with E-state index in [-0.39, 0.29) is 23.9 Å². The standard InChI is InChI=1S/C27H34FN5O3S/c1-17-23-25(32-21-10-5-18(28)15-22(21)36-20-8-6-19(34)7-9-20)30-16-31-27(23)37-24(17)26(35)29-11-4-14-33-12-2-3-13-33/h5,10,15-16,19-20,34H,2-4,6-9,11-14H2,1H3,(H,29,35)(H,30,31,32). The number of anilines is 2. The number of hydrogen-bond acceptors (Lipinski definition) is 8. The summed E-state index contributed by atoms with van der Waals surface area (Å²) in [5.41, 5.74) is 1.40. The lowest BCUT2D eigenvalue weighted by Crippen LogP contribution is -2.28. The first-order chi connectivity index (χ1) is 18.0. The highest BCUT2D eigenvalue weighted by molar-refractivity contribution is 7.20. The SMILES string of the molecule is Cc1c(C(=O)NCCCN2CCCC2)sc2ncnc(Nc3ccc(F)cc3OC3CCC(O)CC3)c12. The number of aliphatic hydroxyl groups is 1. The van der Waals surface area contributed by atoms with E-state index in [0.717, 1.165) is 49.8 Å². The first-order valence-corrected chi connectivity index (χ1v) is 14.0. The molecule has 0 bridgehead atoms. The predicted octanol–water partition coefficient (Wildman–Crippen LogP) is 4.78. The number of carbonyl (C=O) groups is 1. The number of ether oxygens (including phenoxy) is 1. The normalized spacial score (nSPS) is 20.3. The summed E-state index contributed by atoms with van der Waals surface area (Å²) in [5, 5.41) is 16.9. The topological polar surface area (TPSA) is 99.6 Å². The zero-order valence-electron chi connectivity index (χ0n) is 21.1. The van der Waals surface area contributed by atoms with Crippen LogP contribution in [0.1, 0.15) is 60.2 Å². The summed E-state index contributed by atoms with van der Waals surface area (Å²) in [6, 6.07) is 4.37. The van der Waals surface area contributed by atoms with E-state index in [0.29, 0.717) is 46.3 Å². The Bertz CT molecular complexity index is 1240. The van der Waals surface area contributed by atoms with E-state index < -0.39 is 0 Å². The molecular formula is C27H34FN5O3S. The van der Waals surface area contributed by atoms with Gasteiger partial charge in [0, 0.05) is 12.6 Å². The van der Waals surface area contributed by atoms with Gasteiger partial charge < -0.3 is 25.4 Å². The van der Waals surface area contributed by atoms with Crippen LogP contribution < -0.4 is 15.4 Å². The summed E-state index contributed by atoms with van der Waals surface area (Å²) >= 11 is 1.35. The second-order valence-electron chi connectivity index (χ2n) is 9.93. The van der Waals surface area contributed by atoms with Gasteiger partial charge in [-0.15, -0.1) is 11.3 Å². The van der Waals surface area contributed by atoms with Crippen molar-refractivity contribution in [3.8, 4) is 5.75 Å². The average Bonchev–Trinajstić information content (AvgIpc) is 3.53. The van der Waals surface area contributed by atoms with Gasteiger partial charge >= 0.3 is 0 Å². The van der Waals surface area contributed by atoms with E-state index >= 15 is 0 Å². The van der Waals surface area contributed by atoms with Crippen LogP contribution in [0.5, 0.6) is 5.75 Å². The molecular weight excluding hydrogens is 493 g/mol. The van der Waals surface area contributed by atoms with Crippen LogP contribution in [0, 0.1) is 12.7 Å². The smallest absolute Gasteiger partial charge is 0.261 e. The zero-order chi connectivity index (χ0) is 25.8. The van der Waals surface area contributed by atoms with Gasteiger partial charge in [-0.3, -0.25) is 4.79 Å². The highest BCUT2D eigenvalue weighted by Gasteiger charge is 2.23. The second kappa shape index (κ2) is 11.7. The number of amides is 1. The van der Waals surface area contributed by atoms with Gasteiger partial charge in [-0.05, 0) is 89.2 Å². The van der Waals surface area contributed by atoms with Crippen molar-refractivity contribution in [1.82, 2.24) is 20.2 Å². The van der Waals surface area contributed by atoms with Gasteiger partial charge in [-0.1, -0.05) is 0 Å². The molecule has 10 heteroatoms. The highest BCUT2D eigenvalue weighted by Crippen LogP contribution is 2.37. The lowest BCUT2D eigenvalue weighted by Gasteiger charge is -2.27. The molecule has 198 valence electrons. The Labute approximate surface area is 220 Å². The maximum Gasteiger partial charge on any atom is 0.261 e. The number of benzene rings is 1. The van der Waals surface area contributed by atoms with Gasteiger partial charge in [-0.2, -0.15) is 0 Å². The van der Waals surface area contributed by atoms with Crippen molar-refractivity contribution in [2.75, 3.05) is 31.5 Å². The number of fused-ring (bicyclic) bond motifs is 1. The minimum absolute atomic E-state index is 0.0835. The van der Waals surface area contributed by atoms with Gasteiger partial charge in [0.15, 0.2) is 0 Å². The van der Waals surface area contributed by atoms with Crippen molar-refractivity contribution in [3.05, 3.63) is 40.8 Å². The van der Waals surface area contributed by atoms with Gasteiger partial charge in [-0.25, -0.2) is 14.4 Å². The van der Waals surface area contributed by atoms with E-state index in [1.54, 1.807) is 6.07 Å². The van der Waals surface area contributed by atoms with Gasteiger partial charge in [0.05, 0.1) is 28.2 Å². The van der Waals surface area contributed by atoms with Crippen LogP contribution in [-0.4, -0.2) is 64.3 Å². The molecule has 1 saturated carbocycles. The molecule has 1 amide bonds. The molecule has 5 rings (SSSR count). The summed E-state index contributed by atoms with van der Waals surface area (Å²) in [5.74, 6) is 0.456. The Morgan fingerprint density at radius 3 is 2.78 bits per heavy atom. The summed E-state index contributed by atoms with van der Waals surface area (Å²) in [6.45, 7) is 5.86. The van der Waals surface area contributed by atoms with Crippen molar-refractivity contribution in [1.29, 1.82) is 0 Å². The Morgan fingerprint density at radius 2 is 2.00 bits per heavy atom. The average molecular weight is 528 g/mol. The first kappa shape index (κ1) is 25.8. The van der Waals surface area contributed by atoms with Crippen LogP contribution in [0.2, 0.25) is 0 Å². The van der Waals surface area contributed by atoms with Crippen molar-refractivity contribution in [3.63, 3.8) is 0 Å². The minimum atomic E-state index is -0.389. The Balaban J connectivity index is 1.31. The number of likely N-dealkylation sites (tertiary alicyclic amines) is 1. The summed E-state index contributed by atoms with van der Waals surface area (Å²) in [6.07, 6.45) is 7.32. The Hall–Kier alpha value is -2.82. The number of nitrogens with one attached hydrogen (secondary N) is 2. The molecule has 1 aliphatic heterocycles. The lowest BCUT2D eigenvalue weighted by molar-refractivity contribution is 0.0668. The Kier molecular flexibility index (Phi) is 8.17. The van der Waals surface area contributed by atoms with Crippen LogP contribution in [0.25, 0.3) is 10.2 Å². The third-order valence-corrected chi connectivity index (χ3v) is 8.40. The molecule has 3 heterocycles. The van der Waals surface area contributed by atoms with Crippen molar-refractivity contribution in [2.45, 2.75) is 64.1 Å². The molecule has 0 atom stereocenters. The zero-order valence-corrected chi connectivity index (χ0v) is 22.0. The fourth-order valence-electron chi connectivity index (χ4n) is 5.14. The third-order valence-electron chi connectivity index (χ3n) is 7.20. The molecule has 0 spiro atoms. The number of aryl methyl sites for hydroxylation is 1. The second-order valence-corrected chi connectivity index (χ2v) is 10.9. The maximum absolute atomic E-state index is 14.1. The predicted molar refractivity (Wildman–Crippen MR) is 143 cm³/mol. The van der Waals surface area contributed by atoms with E-state index in [4.69, 9.17) is 4.74 Å². The molecule has 0 unspecified atom stereocenters. The molecule has 2 aromatic heterocycles. The summed E-state index contributed by atoms with van der Waals surface area (Å²) < 4.78 is 20.3.